The number of aryl methyl sites for hydroxylation is 1. The molecular weight excluding hydrogens is 327 g/mol. The van der Waals surface area contributed by atoms with Gasteiger partial charge in [0, 0.05) is 23.5 Å². The third-order valence-electron chi connectivity index (χ3n) is 3.24. The number of carbonyl (C=O) groups is 1. The topological polar surface area (TPSA) is 85.1 Å². The van der Waals surface area contributed by atoms with Crippen LogP contribution < -0.4 is 5.32 Å². The molecule has 24 heavy (non-hydrogen) atoms. The van der Waals surface area contributed by atoms with Gasteiger partial charge in [0.05, 0.1) is 10.5 Å². The molecule has 0 fully saturated rings. The van der Waals surface area contributed by atoms with Crippen molar-refractivity contribution in [1.29, 1.82) is 0 Å². The molecule has 1 aromatic carbocycles. The SMILES string of the molecule is CCc1ccc(NC(=O)c2ccc(C(F)(F)F)nc2)cc1[N+](=O)[O-]. The minimum Gasteiger partial charge on any atom is -0.322 e. The molecule has 1 amide bonds. The van der Waals surface area contributed by atoms with E-state index in [0.29, 0.717) is 18.1 Å². The summed E-state index contributed by atoms with van der Waals surface area (Å²) < 4.78 is 37.3. The number of carbonyl (C=O) groups excluding carboxylic acids is 1. The van der Waals surface area contributed by atoms with Crippen molar-refractivity contribution < 1.29 is 22.9 Å². The van der Waals surface area contributed by atoms with Crippen LogP contribution in [-0.2, 0) is 12.6 Å². The Bertz CT molecular complexity index is 774. The van der Waals surface area contributed by atoms with Gasteiger partial charge in [-0.25, -0.2) is 0 Å². The summed E-state index contributed by atoms with van der Waals surface area (Å²) in [7, 11) is 0. The highest BCUT2D eigenvalue weighted by Gasteiger charge is 2.32. The number of hydrogen-bond acceptors (Lipinski definition) is 4. The molecule has 0 saturated heterocycles. The van der Waals surface area contributed by atoms with Gasteiger partial charge in [0.25, 0.3) is 11.6 Å². The molecule has 6 nitrogen and oxygen atoms in total. The highest BCUT2D eigenvalue weighted by atomic mass is 19.4. The van der Waals surface area contributed by atoms with Crippen molar-refractivity contribution in [2.24, 2.45) is 0 Å². The predicted octanol–water partition coefficient (Wildman–Crippen LogP) is 3.82. The van der Waals surface area contributed by atoms with E-state index in [0.717, 1.165) is 12.3 Å². The van der Waals surface area contributed by atoms with Crippen LogP contribution in [0.25, 0.3) is 0 Å². The Balaban J connectivity index is 2.20. The van der Waals surface area contributed by atoms with E-state index in [4.69, 9.17) is 0 Å². The Morgan fingerprint density at radius 3 is 2.50 bits per heavy atom. The van der Waals surface area contributed by atoms with Crippen LogP contribution >= 0.6 is 0 Å². The lowest BCUT2D eigenvalue weighted by Gasteiger charge is -2.08. The molecule has 1 aromatic heterocycles. The molecule has 0 spiro atoms. The van der Waals surface area contributed by atoms with E-state index in [2.05, 4.69) is 10.3 Å². The summed E-state index contributed by atoms with van der Waals surface area (Å²) in [4.78, 5) is 25.6. The minimum atomic E-state index is -4.59. The molecule has 0 unspecified atom stereocenters. The number of amides is 1. The van der Waals surface area contributed by atoms with Crippen molar-refractivity contribution in [2.75, 3.05) is 5.32 Å². The normalized spacial score (nSPS) is 11.2. The molecule has 2 rings (SSSR count). The van der Waals surface area contributed by atoms with Crippen LogP contribution in [-0.4, -0.2) is 15.8 Å². The smallest absolute Gasteiger partial charge is 0.322 e. The summed E-state index contributed by atoms with van der Waals surface area (Å²) in [6.45, 7) is 1.76. The molecule has 0 radical (unpaired) electrons. The number of nitro groups is 1. The average molecular weight is 339 g/mol. The summed E-state index contributed by atoms with van der Waals surface area (Å²) in [6.07, 6.45) is -3.34. The fraction of sp³-hybridized carbons (Fsp3) is 0.200. The van der Waals surface area contributed by atoms with Crippen molar-refractivity contribution >= 4 is 17.3 Å². The number of benzene rings is 1. The standard InChI is InChI=1S/C15H12F3N3O3/c1-2-9-3-5-11(7-12(9)21(23)24)20-14(22)10-4-6-13(19-8-10)15(16,17)18/h3-8H,2H2,1H3,(H,20,22). The lowest BCUT2D eigenvalue weighted by atomic mass is 10.1. The van der Waals surface area contributed by atoms with E-state index in [1.165, 1.54) is 18.2 Å². The molecule has 0 aliphatic carbocycles. The van der Waals surface area contributed by atoms with Crippen molar-refractivity contribution in [1.82, 2.24) is 4.98 Å². The molecule has 0 bridgehead atoms. The van der Waals surface area contributed by atoms with Gasteiger partial charge in [0.2, 0.25) is 0 Å². The van der Waals surface area contributed by atoms with Crippen molar-refractivity contribution in [2.45, 2.75) is 19.5 Å². The second-order valence-electron chi connectivity index (χ2n) is 4.84. The molecule has 126 valence electrons. The Hall–Kier alpha value is -2.97. The number of hydrogen-bond donors (Lipinski definition) is 1. The third-order valence-corrected chi connectivity index (χ3v) is 3.24. The van der Waals surface area contributed by atoms with Gasteiger partial charge in [-0.15, -0.1) is 0 Å². The zero-order valence-electron chi connectivity index (χ0n) is 12.4. The largest absolute Gasteiger partial charge is 0.433 e. The monoisotopic (exact) mass is 339 g/mol. The Morgan fingerprint density at radius 2 is 2.00 bits per heavy atom. The van der Waals surface area contributed by atoms with E-state index in [9.17, 15) is 28.1 Å². The lowest BCUT2D eigenvalue weighted by molar-refractivity contribution is -0.385. The first-order chi connectivity index (χ1) is 11.2. The van der Waals surface area contributed by atoms with Crippen LogP contribution in [0.3, 0.4) is 0 Å². The van der Waals surface area contributed by atoms with Crippen LogP contribution in [0.4, 0.5) is 24.5 Å². The Morgan fingerprint density at radius 1 is 1.29 bits per heavy atom. The average Bonchev–Trinajstić information content (AvgIpc) is 2.54. The van der Waals surface area contributed by atoms with Gasteiger partial charge in [-0.05, 0) is 24.6 Å². The van der Waals surface area contributed by atoms with E-state index < -0.39 is 22.7 Å². The number of nitro benzene ring substituents is 1. The summed E-state index contributed by atoms with van der Waals surface area (Å²) in [5.74, 6) is -0.713. The number of aromatic nitrogens is 1. The molecule has 0 aliphatic rings. The van der Waals surface area contributed by atoms with Crippen LogP contribution in [0, 0.1) is 10.1 Å². The number of nitrogens with one attached hydrogen (secondary N) is 1. The first-order valence-electron chi connectivity index (χ1n) is 6.84. The maximum absolute atomic E-state index is 12.4. The van der Waals surface area contributed by atoms with Crippen molar-refractivity contribution in [3.63, 3.8) is 0 Å². The number of alkyl halides is 3. The Kier molecular flexibility index (Phi) is 4.82. The fourth-order valence-electron chi connectivity index (χ4n) is 2.01. The van der Waals surface area contributed by atoms with Gasteiger partial charge < -0.3 is 5.32 Å². The minimum absolute atomic E-state index is 0.0924. The molecule has 9 heteroatoms. The highest BCUT2D eigenvalue weighted by molar-refractivity contribution is 6.04. The van der Waals surface area contributed by atoms with Gasteiger partial charge in [0.1, 0.15) is 5.69 Å². The van der Waals surface area contributed by atoms with Crippen LogP contribution in [0.2, 0.25) is 0 Å². The van der Waals surface area contributed by atoms with Gasteiger partial charge in [-0.1, -0.05) is 13.0 Å². The Labute approximate surface area is 134 Å². The number of halogens is 3. The van der Waals surface area contributed by atoms with Crippen LogP contribution in [0.15, 0.2) is 36.5 Å². The summed E-state index contributed by atoms with van der Waals surface area (Å²) >= 11 is 0. The molecular formula is C15H12F3N3O3. The highest BCUT2D eigenvalue weighted by Crippen LogP contribution is 2.27. The van der Waals surface area contributed by atoms with Gasteiger partial charge in [-0.3, -0.25) is 19.9 Å². The molecule has 0 aliphatic heterocycles. The first kappa shape index (κ1) is 17.4. The zero-order chi connectivity index (χ0) is 17.9. The first-order valence-corrected chi connectivity index (χ1v) is 6.84. The number of rotatable bonds is 4. The summed E-state index contributed by atoms with van der Waals surface area (Å²) in [5.41, 5.74) is -0.661. The summed E-state index contributed by atoms with van der Waals surface area (Å²) in [5, 5.41) is 13.4. The molecule has 0 atom stereocenters. The maximum Gasteiger partial charge on any atom is 0.433 e. The van der Waals surface area contributed by atoms with Gasteiger partial charge >= 0.3 is 6.18 Å². The predicted molar refractivity (Wildman–Crippen MR) is 79.7 cm³/mol. The molecule has 0 saturated carbocycles. The number of nitrogens with zero attached hydrogens (tertiary/aromatic N) is 2. The van der Waals surface area contributed by atoms with Crippen molar-refractivity contribution in [3.05, 3.63) is 63.5 Å². The van der Waals surface area contributed by atoms with E-state index in [-0.39, 0.29) is 16.9 Å². The van der Waals surface area contributed by atoms with E-state index >= 15 is 0 Å². The van der Waals surface area contributed by atoms with Crippen molar-refractivity contribution in [3.8, 4) is 0 Å². The van der Waals surface area contributed by atoms with E-state index in [1.54, 1.807) is 6.92 Å². The molecule has 1 N–H and O–H groups in total. The van der Waals surface area contributed by atoms with Gasteiger partial charge in [0.15, 0.2) is 0 Å². The van der Waals surface area contributed by atoms with E-state index in [1.807, 2.05) is 0 Å². The van der Waals surface area contributed by atoms with Crippen LogP contribution in [0.5, 0.6) is 0 Å². The molecule has 2 aromatic rings. The van der Waals surface area contributed by atoms with Crippen LogP contribution in [0.1, 0.15) is 28.5 Å². The maximum atomic E-state index is 12.4. The number of pyridine rings is 1. The van der Waals surface area contributed by atoms with Gasteiger partial charge in [-0.2, -0.15) is 13.2 Å². The summed E-state index contributed by atoms with van der Waals surface area (Å²) in [6, 6.07) is 5.88. The third kappa shape index (κ3) is 3.86. The number of anilines is 1. The lowest BCUT2D eigenvalue weighted by Crippen LogP contribution is -2.14. The fourth-order valence-corrected chi connectivity index (χ4v) is 2.01. The zero-order valence-corrected chi connectivity index (χ0v) is 12.4. The second kappa shape index (κ2) is 6.65. The second-order valence-corrected chi connectivity index (χ2v) is 4.84. The quantitative estimate of drug-likeness (QED) is 0.678. The molecule has 1 heterocycles.